The van der Waals surface area contributed by atoms with Gasteiger partial charge in [-0.2, -0.15) is 0 Å². The van der Waals surface area contributed by atoms with Crippen molar-refractivity contribution < 1.29 is 19.0 Å². The molecule has 0 aliphatic carbocycles. The van der Waals surface area contributed by atoms with Crippen LogP contribution in [0.15, 0.2) is 22.7 Å². The smallest absolute Gasteiger partial charge is 0.255 e. The molecule has 0 atom stereocenters. The molecule has 1 aromatic rings. The highest BCUT2D eigenvalue weighted by Crippen LogP contribution is 2.32. The van der Waals surface area contributed by atoms with Gasteiger partial charge in [0, 0.05) is 17.4 Å². The highest BCUT2D eigenvalue weighted by Gasteiger charge is 2.42. The number of ether oxygens (including phenoxy) is 3. The van der Waals surface area contributed by atoms with Crippen LogP contribution >= 0.6 is 15.9 Å². The van der Waals surface area contributed by atoms with Crippen molar-refractivity contribution in [2.75, 3.05) is 33.4 Å². The van der Waals surface area contributed by atoms with Gasteiger partial charge in [0.1, 0.15) is 5.75 Å². The summed E-state index contributed by atoms with van der Waals surface area (Å²) in [5.74, 6) is 0.0415. The van der Waals surface area contributed by atoms with Gasteiger partial charge in [0.2, 0.25) is 0 Å². The maximum atomic E-state index is 12.8. The molecular weight excluding hydrogens is 338 g/mol. The van der Waals surface area contributed by atoms with Crippen LogP contribution in [0.5, 0.6) is 5.75 Å². The van der Waals surface area contributed by atoms with Crippen molar-refractivity contribution in [3.63, 3.8) is 0 Å². The second kappa shape index (κ2) is 5.94. The Morgan fingerprint density at radius 3 is 2.86 bits per heavy atom. The quantitative estimate of drug-likeness (QED) is 0.817. The van der Waals surface area contributed by atoms with Gasteiger partial charge in [-0.05, 0) is 40.5 Å². The lowest BCUT2D eigenvalue weighted by Gasteiger charge is -2.38. The average Bonchev–Trinajstić information content (AvgIpc) is 2.95. The van der Waals surface area contributed by atoms with Crippen molar-refractivity contribution in [2.24, 2.45) is 0 Å². The van der Waals surface area contributed by atoms with Crippen LogP contribution in [0.4, 0.5) is 0 Å². The number of carbonyl (C=O) groups is 1. The summed E-state index contributed by atoms with van der Waals surface area (Å²) in [6.45, 7) is 2.40. The standard InChI is InChI=1S/C15H18BrNO4/c1-19-11-3-4-13(16)12(9-11)14(18)17-6-2-5-15(10-17)20-7-8-21-15/h3-4,9H,2,5-8,10H2,1H3. The zero-order valence-corrected chi connectivity index (χ0v) is 13.5. The Kier molecular flexibility index (Phi) is 4.19. The van der Waals surface area contributed by atoms with E-state index in [0.29, 0.717) is 31.1 Å². The number of hydrogen-bond acceptors (Lipinski definition) is 4. The Morgan fingerprint density at radius 2 is 2.14 bits per heavy atom. The highest BCUT2D eigenvalue weighted by atomic mass is 79.9. The number of hydrogen-bond donors (Lipinski definition) is 0. The fourth-order valence-electron chi connectivity index (χ4n) is 2.86. The van der Waals surface area contributed by atoms with Gasteiger partial charge in [-0.25, -0.2) is 0 Å². The summed E-state index contributed by atoms with van der Waals surface area (Å²) in [5.41, 5.74) is 0.601. The van der Waals surface area contributed by atoms with Gasteiger partial charge in [-0.1, -0.05) is 0 Å². The van der Waals surface area contributed by atoms with Crippen molar-refractivity contribution in [3.05, 3.63) is 28.2 Å². The van der Waals surface area contributed by atoms with Crippen LogP contribution in [0, 0.1) is 0 Å². The molecule has 0 N–H and O–H groups in total. The van der Waals surface area contributed by atoms with E-state index in [1.807, 2.05) is 12.1 Å². The number of carbonyl (C=O) groups excluding carboxylic acids is 1. The van der Waals surface area contributed by atoms with Gasteiger partial charge in [-0.3, -0.25) is 4.79 Å². The number of amides is 1. The van der Waals surface area contributed by atoms with E-state index in [1.54, 1.807) is 18.1 Å². The van der Waals surface area contributed by atoms with E-state index in [4.69, 9.17) is 14.2 Å². The minimum absolute atomic E-state index is 0.0287. The summed E-state index contributed by atoms with van der Waals surface area (Å²) in [5, 5.41) is 0. The Bertz CT molecular complexity index is 542. The molecule has 1 aromatic carbocycles. The molecule has 114 valence electrons. The predicted octanol–water partition coefficient (Wildman–Crippen LogP) is 2.44. The minimum atomic E-state index is -0.598. The molecule has 2 aliphatic rings. The van der Waals surface area contributed by atoms with E-state index in [9.17, 15) is 4.79 Å². The van der Waals surface area contributed by atoms with Gasteiger partial charge in [0.05, 0.1) is 32.4 Å². The molecule has 0 radical (unpaired) electrons. The van der Waals surface area contributed by atoms with Crippen molar-refractivity contribution in [1.29, 1.82) is 0 Å². The summed E-state index contributed by atoms with van der Waals surface area (Å²) in [6.07, 6.45) is 1.73. The third-order valence-electron chi connectivity index (χ3n) is 3.92. The van der Waals surface area contributed by atoms with Crippen LogP contribution in [-0.4, -0.2) is 50.0 Å². The number of methoxy groups -OCH3 is 1. The Morgan fingerprint density at radius 1 is 1.38 bits per heavy atom. The number of rotatable bonds is 2. The fraction of sp³-hybridized carbons (Fsp3) is 0.533. The van der Waals surface area contributed by atoms with Crippen molar-refractivity contribution >= 4 is 21.8 Å². The Hall–Kier alpha value is -1.11. The maximum absolute atomic E-state index is 12.8. The predicted molar refractivity (Wildman–Crippen MR) is 80.5 cm³/mol. The van der Waals surface area contributed by atoms with E-state index in [1.165, 1.54) is 0 Å². The SMILES string of the molecule is COc1ccc(Br)c(C(=O)N2CCCC3(C2)OCCO3)c1. The van der Waals surface area contributed by atoms with E-state index in [0.717, 1.165) is 23.9 Å². The van der Waals surface area contributed by atoms with Crippen molar-refractivity contribution in [1.82, 2.24) is 4.90 Å². The average molecular weight is 356 g/mol. The Balaban J connectivity index is 1.81. The Labute approximate surface area is 132 Å². The van der Waals surface area contributed by atoms with E-state index < -0.39 is 5.79 Å². The second-order valence-corrected chi connectivity index (χ2v) is 6.14. The summed E-state index contributed by atoms with van der Waals surface area (Å²) >= 11 is 3.44. The van der Waals surface area contributed by atoms with Crippen LogP contribution < -0.4 is 4.74 Å². The zero-order valence-electron chi connectivity index (χ0n) is 11.9. The number of likely N-dealkylation sites (tertiary alicyclic amines) is 1. The number of nitrogens with zero attached hydrogens (tertiary/aromatic N) is 1. The highest BCUT2D eigenvalue weighted by molar-refractivity contribution is 9.10. The summed E-state index contributed by atoms with van der Waals surface area (Å²) in [7, 11) is 1.59. The second-order valence-electron chi connectivity index (χ2n) is 5.28. The molecule has 3 rings (SSSR count). The molecule has 1 spiro atoms. The van der Waals surface area contributed by atoms with Gasteiger partial charge < -0.3 is 19.1 Å². The third-order valence-corrected chi connectivity index (χ3v) is 4.61. The lowest BCUT2D eigenvalue weighted by atomic mass is 10.0. The first-order valence-corrected chi connectivity index (χ1v) is 7.84. The lowest BCUT2D eigenvalue weighted by molar-refractivity contribution is -0.183. The minimum Gasteiger partial charge on any atom is -0.497 e. The molecule has 21 heavy (non-hydrogen) atoms. The lowest BCUT2D eigenvalue weighted by Crippen LogP contribution is -2.51. The van der Waals surface area contributed by atoms with Gasteiger partial charge >= 0.3 is 0 Å². The van der Waals surface area contributed by atoms with Gasteiger partial charge in [0.25, 0.3) is 5.91 Å². The normalized spacial score (nSPS) is 20.8. The molecule has 1 amide bonds. The largest absolute Gasteiger partial charge is 0.497 e. The van der Waals surface area contributed by atoms with E-state index in [-0.39, 0.29) is 5.91 Å². The van der Waals surface area contributed by atoms with Gasteiger partial charge in [-0.15, -0.1) is 0 Å². The summed E-state index contributed by atoms with van der Waals surface area (Å²) in [6, 6.07) is 5.40. The summed E-state index contributed by atoms with van der Waals surface area (Å²) < 4.78 is 17.4. The number of halogens is 1. The number of benzene rings is 1. The fourth-order valence-corrected chi connectivity index (χ4v) is 3.28. The monoisotopic (exact) mass is 355 g/mol. The maximum Gasteiger partial charge on any atom is 0.255 e. The molecule has 2 fully saturated rings. The molecule has 2 heterocycles. The molecular formula is C15H18BrNO4. The van der Waals surface area contributed by atoms with Crippen LogP contribution in [0.1, 0.15) is 23.2 Å². The molecule has 2 aliphatic heterocycles. The molecule has 0 bridgehead atoms. The zero-order chi connectivity index (χ0) is 14.9. The van der Waals surface area contributed by atoms with E-state index in [2.05, 4.69) is 15.9 Å². The summed E-state index contributed by atoms with van der Waals surface area (Å²) in [4.78, 5) is 14.6. The van der Waals surface area contributed by atoms with Crippen LogP contribution in [0.3, 0.4) is 0 Å². The van der Waals surface area contributed by atoms with Crippen LogP contribution in [-0.2, 0) is 9.47 Å². The first-order valence-electron chi connectivity index (χ1n) is 7.04. The third kappa shape index (κ3) is 2.93. The molecule has 2 saturated heterocycles. The number of piperidine rings is 1. The first-order chi connectivity index (χ1) is 10.1. The van der Waals surface area contributed by atoms with Crippen molar-refractivity contribution in [2.45, 2.75) is 18.6 Å². The topological polar surface area (TPSA) is 48.0 Å². The molecule has 6 heteroatoms. The molecule has 0 aromatic heterocycles. The molecule has 5 nitrogen and oxygen atoms in total. The first kappa shape index (κ1) is 14.8. The van der Waals surface area contributed by atoms with E-state index >= 15 is 0 Å². The van der Waals surface area contributed by atoms with Crippen LogP contribution in [0.25, 0.3) is 0 Å². The van der Waals surface area contributed by atoms with Crippen molar-refractivity contribution in [3.8, 4) is 5.75 Å². The molecule has 0 saturated carbocycles. The molecule has 0 unspecified atom stereocenters. The van der Waals surface area contributed by atoms with Crippen LogP contribution in [0.2, 0.25) is 0 Å². The van der Waals surface area contributed by atoms with Gasteiger partial charge in [0.15, 0.2) is 5.79 Å².